The van der Waals surface area contributed by atoms with Crippen LogP contribution < -0.4 is 10.6 Å². The molecule has 1 saturated carbocycles. The summed E-state index contributed by atoms with van der Waals surface area (Å²) in [7, 11) is 1.62. The third-order valence-corrected chi connectivity index (χ3v) is 3.61. The minimum Gasteiger partial charge on any atom is -0.391 e. The second-order valence-corrected chi connectivity index (χ2v) is 5.15. The topological polar surface area (TPSA) is 70.6 Å². The van der Waals surface area contributed by atoms with Crippen LogP contribution >= 0.6 is 0 Å². The summed E-state index contributed by atoms with van der Waals surface area (Å²) in [5, 5.41) is 15.5. The van der Waals surface area contributed by atoms with E-state index in [0.29, 0.717) is 6.61 Å². The minimum absolute atomic E-state index is 0.154. The molecule has 110 valence electrons. The van der Waals surface area contributed by atoms with Gasteiger partial charge in [-0.05, 0) is 18.9 Å². The Balaban J connectivity index is 1.94. The Morgan fingerprint density at radius 2 is 2.10 bits per heavy atom. The Hall–Kier alpha value is -1.59. The van der Waals surface area contributed by atoms with Gasteiger partial charge in [0, 0.05) is 18.4 Å². The van der Waals surface area contributed by atoms with Crippen molar-refractivity contribution in [1.82, 2.24) is 5.32 Å². The molecule has 1 aromatic carbocycles. The summed E-state index contributed by atoms with van der Waals surface area (Å²) in [4.78, 5) is 12.0. The number of aliphatic hydroxyl groups excluding tert-OH is 1. The lowest BCUT2D eigenvalue weighted by atomic mass is 9.93. The predicted octanol–water partition coefficient (Wildman–Crippen LogP) is 2.26. The zero-order chi connectivity index (χ0) is 14.4. The lowest BCUT2D eigenvalue weighted by Crippen LogP contribution is -2.46. The van der Waals surface area contributed by atoms with Crippen molar-refractivity contribution in [3.8, 4) is 0 Å². The highest BCUT2D eigenvalue weighted by molar-refractivity contribution is 5.90. The third-order valence-electron chi connectivity index (χ3n) is 3.61. The maximum atomic E-state index is 12.0. The van der Waals surface area contributed by atoms with Crippen molar-refractivity contribution < 1.29 is 14.6 Å². The van der Waals surface area contributed by atoms with E-state index in [2.05, 4.69) is 10.6 Å². The summed E-state index contributed by atoms with van der Waals surface area (Å²) in [6.45, 7) is 0.447. The highest BCUT2D eigenvalue weighted by Crippen LogP contribution is 2.19. The number of aliphatic hydroxyl groups is 1. The highest BCUT2D eigenvalue weighted by atomic mass is 16.5. The molecule has 1 fully saturated rings. The zero-order valence-corrected chi connectivity index (χ0v) is 11.8. The van der Waals surface area contributed by atoms with Gasteiger partial charge in [0.05, 0.1) is 18.8 Å². The number of para-hydroxylation sites is 1. The first kappa shape index (κ1) is 14.8. The Morgan fingerprint density at radius 3 is 2.85 bits per heavy atom. The van der Waals surface area contributed by atoms with E-state index in [1.165, 1.54) is 0 Å². The highest BCUT2D eigenvalue weighted by Gasteiger charge is 2.24. The largest absolute Gasteiger partial charge is 0.391 e. The van der Waals surface area contributed by atoms with Crippen LogP contribution in [0.2, 0.25) is 0 Å². The van der Waals surface area contributed by atoms with E-state index in [-0.39, 0.29) is 12.1 Å². The Morgan fingerprint density at radius 1 is 1.35 bits per heavy atom. The minimum atomic E-state index is -0.441. The van der Waals surface area contributed by atoms with Crippen LogP contribution in [0, 0.1) is 0 Å². The molecule has 1 aliphatic carbocycles. The van der Waals surface area contributed by atoms with Crippen molar-refractivity contribution in [3.05, 3.63) is 29.8 Å². The number of urea groups is 1. The molecule has 2 atom stereocenters. The fraction of sp³-hybridized carbons (Fsp3) is 0.533. The summed E-state index contributed by atoms with van der Waals surface area (Å²) >= 11 is 0. The normalized spacial score (nSPS) is 22.3. The van der Waals surface area contributed by atoms with Crippen molar-refractivity contribution in [2.75, 3.05) is 12.4 Å². The third kappa shape index (κ3) is 3.95. The van der Waals surface area contributed by atoms with Crippen molar-refractivity contribution in [2.45, 2.75) is 44.4 Å². The number of nitrogens with one attached hydrogen (secondary N) is 2. The molecule has 0 heterocycles. The van der Waals surface area contributed by atoms with Crippen LogP contribution in [-0.4, -0.2) is 30.4 Å². The van der Waals surface area contributed by atoms with Crippen LogP contribution in [-0.2, 0) is 11.3 Å². The quantitative estimate of drug-likeness (QED) is 0.791. The van der Waals surface area contributed by atoms with Gasteiger partial charge in [-0.1, -0.05) is 31.0 Å². The number of methoxy groups -OCH3 is 1. The maximum Gasteiger partial charge on any atom is 0.319 e. The number of benzene rings is 1. The van der Waals surface area contributed by atoms with Gasteiger partial charge in [-0.3, -0.25) is 0 Å². The number of carbonyl (C=O) groups excluding carboxylic acids is 1. The first-order chi connectivity index (χ1) is 9.70. The molecule has 0 aromatic heterocycles. The Kier molecular flexibility index (Phi) is 5.38. The van der Waals surface area contributed by atoms with E-state index >= 15 is 0 Å². The second kappa shape index (κ2) is 7.26. The molecule has 5 heteroatoms. The number of anilines is 1. The summed E-state index contributed by atoms with van der Waals surface area (Å²) in [6, 6.07) is 7.09. The number of hydrogen-bond acceptors (Lipinski definition) is 3. The number of ether oxygens (including phenoxy) is 1. The predicted molar refractivity (Wildman–Crippen MR) is 77.6 cm³/mol. The fourth-order valence-corrected chi connectivity index (χ4v) is 2.53. The molecule has 20 heavy (non-hydrogen) atoms. The van der Waals surface area contributed by atoms with Crippen molar-refractivity contribution in [3.63, 3.8) is 0 Å². The zero-order valence-electron chi connectivity index (χ0n) is 11.8. The van der Waals surface area contributed by atoms with E-state index in [0.717, 1.165) is 36.9 Å². The SMILES string of the molecule is COCc1ccccc1NC(=O)NC1CCCCC1O. The van der Waals surface area contributed by atoms with Crippen molar-refractivity contribution in [1.29, 1.82) is 0 Å². The molecule has 0 radical (unpaired) electrons. The standard InChI is InChI=1S/C15H22N2O3/c1-20-10-11-6-2-3-7-12(11)16-15(19)17-13-8-4-5-9-14(13)18/h2-3,6-7,13-14,18H,4-5,8-10H2,1H3,(H2,16,17,19). The van der Waals surface area contributed by atoms with Gasteiger partial charge in [0.25, 0.3) is 0 Å². The first-order valence-electron chi connectivity index (χ1n) is 7.03. The van der Waals surface area contributed by atoms with Gasteiger partial charge in [-0.25, -0.2) is 4.79 Å². The lowest BCUT2D eigenvalue weighted by molar-refractivity contribution is 0.0955. The molecule has 0 saturated heterocycles. The van der Waals surface area contributed by atoms with Gasteiger partial charge < -0.3 is 20.5 Å². The molecule has 5 nitrogen and oxygen atoms in total. The maximum absolute atomic E-state index is 12.0. The summed E-state index contributed by atoms with van der Waals surface area (Å²) in [6.07, 6.45) is 3.21. The van der Waals surface area contributed by atoms with Crippen LogP contribution in [0.25, 0.3) is 0 Å². The van der Waals surface area contributed by atoms with Crippen LogP contribution in [0.4, 0.5) is 10.5 Å². The summed E-state index contributed by atoms with van der Waals surface area (Å²) in [5.74, 6) is 0. The van der Waals surface area contributed by atoms with Crippen molar-refractivity contribution >= 4 is 11.7 Å². The molecular formula is C15H22N2O3. The van der Waals surface area contributed by atoms with Gasteiger partial charge in [0.2, 0.25) is 0 Å². The fourth-order valence-electron chi connectivity index (χ4n) is 2.53. The lowest BCUT2D eigenvalue weighted by Gasteiger charge is -2.28. The molecule has 2 unspecified atom stereocenters. The van der Waals surface area contributed by atoms with Gasteiger partial charge in [-0.2, -0.15) is 0 Å². The number of carbonyl (C=O) groups is 1. The molecule has 0 spiro atoms. The number of amides is 2. The summed E-state index contributed by atoms with van der Waals surface area (Å²) < 4.78 is 5.11. The van der Waals surface area contributed by atoms with E-state index < -0.39 is 6.10 Å². The monoisotopic (exact) mass is 278 g/mol. The van der Waals surface area contributed by atoms with Gasteiger partial charge in [-0.15, -0.1) is 0 Å². The van der Waals surface area contributed by atoms with Gasteiger partial charge in [0.1, 0.15) is 0 Å². The smallest absolute Gasteiger partial charge is 0.319 e. The van der Waals surface area contributed by atoms with Crippen LogP contribution in [0.3, 0.4) is 0 Å². The Labute approximate surface area is 119 Å². The average molecular weight is 278 g/mol. The molecule has 1 aliphatic rings. The molecule has 1 aromatic rings. The second-order valence-electron chi connectivity index (χ2n) is 5.15. The van der Waals surface area contributed by atoms with E-state index in [1.807, 2.05) is 24.3 Å². The summed E-state index contributed by atoms with van der Waals surface area (Å²) in [5.41, 5.74) is 1.66. The van der Waals surface area contributed by atoms with Gasteiger partial charge in [0.15, 0.2) is 0 Å². The van der Waals surface area contributed by atoms with E-state index in [9.17, 15) is 9.90 Å². The Bertz CT molecular complexity index is 450. The molecule has 2 amide bonds. The van der Waals surface area contributed by atoms with E-state index in [1.54, 1.807) is 7.11 Å². The molecular weight excluding hydrogens is 256 g/mol. The number of rotatable bonds is 4. The van der Waals surface area contributed by atoms with Gasteiger partial charge >= 0.3 is 6.03 Å². The van der Waals surface area contributed by atoms with E-state index in [4.69, 9.17) is 4.74 Å². The molecule has 0 aliphatic heterocycles. The van der Waals surface area contributed by atoms with Crippen LogP contribution in [0.1, 0.15) is 31.2 Å². The first-order valence-corrected chi connectivity index (χ1v) is 7.03. The molecule has 2 rings (SSSR count). The number of hydrogen-bond donors (Lipinski definition) is 3. The average Bonchev–Trinajstić information content (AvgIpc) is 2.44. The van der Waals surface area contributed by atoms with Crippen LogP contribution in [0.15, 0.2) is 24.3 Å². The molecule has 3 N–H and O–H groups in total. The van der Waals surface area contributed by atoms with Crippen molar-refractivity contribution in [2.24, 2.45) is 0 Å². The molecule has 0 bridgehead atoms. The van der Waals surface area contributed by atoms with Crippen LogP contribution in [0.5, 0.6) is 0 Å².